The predicted molar refractivity (Wildman–Crippen MR) is 79.5 cm³/mol. The molecule has 6 nitrogen and oxygen atoms in total. The molecule has 0 unspecified atom stereocenters. The molecule has 0 bridgehead atoms. The molecule has 0 atom stereocenters. The van der Waals surface area contributed by atoms with Gasteiger partial charge in [-0.05, 0) is 34.6 Å². The quantitative estimate of drug-likeness (QED) is 0.354. The van der Waals surface area contributed by atoms with Crippen LogP contribution in [0.2, 0.25) is 0 Å². The van der Waals surface area contributed by atoms with Crippen LogP contribution < -0.4 is 10.1 Å². The zero-order valence-electron chi connectivity index (χ0n) is 14.9. The first kappa shape index (κ1) is 20.7. The monoisotopic (exact) mass is 397 g/mol. The van der Waals surface area contributed by atoms with Gasteiger partial charge in [-0.1, -0.05) is 0 Å². The van der Waals surface area contributed by atoms with Gasteiger partial charge in [0.15, 0.2) is 0 Å². The van der Waals surface area contributed by atoms with Crippen molar-refractivity contribution in [1.29, 1.82) is 0 Å². The second kappa shape index (κ2) is 6.24. The Kier molecular flexibility index (Phi) is 4.79. The van der Waals surface area contributed by atoms with E-state index >= 15 is 0 Å². The number of halogens is 5. The van der Waals surface area contributed by atoms with E-state index in [2.05, 4.69) is 10.1 Å². The molecule has 1 aliphatic rings. The minimum atomic E-state index is -2.39. The van der Waals surface area contributed by atoms with Crippen molar-refractivity contribution in [3.05, 3.63) is 29.1 Å². The third-order valence-corrected chi connectivity index (χ3v) is 4.80. The smallest absolute Gasteiger partial charge is 0.426 e. The summed E-state index contributed by atoms with van der Waals surface area (Å²) in [5, 5.41) is 2.22. The highest BCUT2D eigenvalue weighted by atomic mass is 19.2. The summed E-state index contributed by atoms with van der Waals surface area (Å²) in [6.45, 7) is 7.09. The summed E-state index contributed by atoms with van der Waals surface area (Å²) in [5.41, 5.74) is -4.29. The number of benzene rings is 1. The Bertz CT molecular complexity index is 775. The third-order valence-electron chi connectivity index (χ3n) is 4.80. The lowest BCUT2D eigenvalue weighted by Crippen LogP contribution is -2.75. The SMILES string of the molecule is CC1(C)OC(=O)OC(C)(C)C1(C)NC(=O)Oc1c(F)c(F)c(F)c(F)c1F. The predicted octanol–water partition coefficient (Wildman–Crippen LogP) is 3.95. The molecule has 0 saturated carbocycles. The number of carbonyl (C=O) groups excluding carboxylic acids is 2. The van der Waals surface area contributed by atoms with E-state index in [4.69, 9.17) is 9.47 Å². The lowest BCUT2D eigenvalue weighted by atomic mass is 9.71. The van der Waals surface area contributed by atoms with Crippen LogP contribution in [-0.4, -0.2) is 29.0 Å². The third kappa shape index (κ3) is 3.15. The fourth-order valence-electron chi connectivity index (χ4n) is 2.66. The molecule has 1 saturated heterocycles. The average molecular weight is 397 g/mol. The van der Waals surface area contributed by atoms with Crippen LogP contribution in [0.3, 0.4) is 0 Å². The van der Waals surface area contributed by atoms with E-state index in [9.17, 15) is 31.5 Å². The maximum absolute atomic E-state index is 13.7. The summed E-state index contributed by atoms with van der Waals surface area (Å²) < 4.78 is 81.2. The number of rotatable bonds is 2. The molecule has 11 heteroatoms. The summed E-state index contributed by atoms with van der Waals surface area (Å²) in [6, 6.07) is 0. The van der Waals surface area contributed by atoms with Crippen molar-refractivity contribution in [2.75, 3.05) is 0 Å². The zero-order chi connectivity index (χ0) is 20.9. The number of carbonyl (C=O) groups is 2. The van der Waals surface area contributed by atoms with Crippen LogP contribution in [0.5, 0.6) is 5.75 Å². The van der Waals surface area contributed by atoms with Gasteiger partial charge in [-0.25, -0.2) is 22.8 Å². The lowest BCUT2D eigenvalue weighted by Gasteiger charge is -2.54. The molecule has 1 fully saturated rings. The van der Waals surface area contributed by atoms with Crippen LogP contribution in [0.25, 0.3) is 0 Å². The molecule has 0 radical (unpaired) electrons. The molecule has 1 aromatic carbocycles. The Morgan fingerprint density at radius 2 is 1.19 bits per heavy atom. The van der Waals surface area contributed by atoms with Gasteiger partial charge < -0.3 is 19.5 Å². The van der Waals surface area contributed by atoms with Crippen molar-refractivity contribution in [2.24, 2.45) is 0 Å². The molecule has 150 valence electrons. The largest absolute Gasteiger partial charge is 0.509 e. The highest BCUT2D eigenvalue weighted by Gasteiger charge is 2.61. The Balaban J connectivity index is 2.37. The first-order valence-corrected chi connectivity index (χ1v) is 7.58. The van der Waals surface area contributed by atoms with Crippen molar-refractivity contribution in [1.82, 2.24) is 5.32 Å². The first-order valence-electron chi connectivity index (χ1n) is 7.58. The van der Waals surface area contributed by atoms with E-state index in [-0.39, 0.29) is 0 Å². The van der Waals surface area contributed by atoms with E-state index in [0.29, 0.717) is 0 Å². The van der Waals surface area contributed by atoms with E-state index in [0.717, 1.165) is 0 Å². The van der Waals surface area contributed by atoms with Gasteiger partial charge in [-0.2, -0.15) is 8.78 Å². The molecule has 27 heavy (non-hydrogen) atoms. The van der Waals surface area contributed by atoms with Gasteiger partial charge in [0.2, 0.25) is 34.8 Å². The van der Waals surface area contributed by atoms with Crippen molar-refractivity contribution in [2.45, 2.75) is 51.4 Å². The van der Waals surface area contributed by atoms with E-state index in [1.807, 2.05) is 0 Å². The zero-order valence-corrected chi connectivity index (χ0v) is 14.9. The highest BCUT2D eigenvalue weighted by molar-refractivity contribution is 5.73. The van der Waals surface area contributed by atoms with Gasteiger partial charge in [-0.15, -0.1) is 0 Å². The number of nitrogens with one attached hydrogen (secondary N) is 1. The van der Waals surface area contributed by atoms with E-state index in [1.165, 1.54) is 34.6 Å². The fourth-order valence-corrected chi connectivity index (χ4v) is 2.66. The topological polar surface area (TPSA) is 73.9 Å². The average Bonchev–Trinajstić information content (AvgIpc) is 2.52. The van der Waals surface area contributed by atoms with Crippen molar-refractivity contribution >= 4 is 12.2 Å². The molecule has 1 aliphatic heterocycles. The van der Waals surface area contributed by atoms with Gasteiger partial charge in [0, 0.05) is 0 Å². The molecule has 1 amide bonds. The number of cyclic esters (lactones) is 2. The minimum absolute atomic E-state index is 1.02. The van der Waals surface area contributed by atoms with Crippen LogP contribution in [0, 0.1) is 29.1 Å². The Labute approximate surface area is 150 Å². The summed E-state index contributed by atoms with van der Waals surface area (Å²) in [5.74, 6) is -13.3. The van der Waals surface area contributed by atoms with Crippen LogP contribution in [0.15, 0.2) is 0 Å². The molecule has 2 rings (SSSR count). The fraction of sp³-hybridized carbons (Fsp3) is 0.500. The second-order valence-corrected chi connectivity index (χ2v) is 7.01. The maximum Gasteiger partial charge on any atom is 0.509 e. The van der Waals surface area contributed by atoms with Crippen LogP contribution in [0.4, 0.5) is 31.5 Å². The standard InChI is InChI=1S/C16H16F5NO5/c1-14(2)16(5,15(3,4)27-13(24)26-14)22-12(23)25-11-9(20)7(18)6(17)8(19)10(11)21/h1-5H3,(H,22,23). The Morgan fingerprint density at radius 1 is 0.815 bits per heavy atom. The van der Waals surface area contributed by atoms with Gasteiger partial charge in [0.1, 0.15) is 16.7 Å². The molecule has 0 aromatic heterocycles. The van der Waals surface area contributed by atoms with Gasteiger partial charge >= 0.3 is 12.2 Å². The van der Waals surface area contributed by atoms with E-state index < -0.39 is 63.8 Å². The summed E-state index contributed by atoms with van der Waals surface area (Å²) in [4.78, 5) is 23.7. The molecular formula is C16H16F5NO5. The minimum Gasteiger partial charge on any atom is -0.426 e. The van der Waals surface area contributed by atoms with Gasteiger partial charge in [0.25, 0.3) is 0 Å². The molecule has 1 N–H and O–H groups in total. The number of amides is 1. The molecule has 1 heterocycles. The Hall–Kier alpha value is -2.59. The van der Waals surface area contributed by atoms with Crippen LogP contribution in [-0.2, 0) is 9.47 Å². The molecular weight excluding hydrogens is 381 g/mol. The summed E-state index contributed by atoms with van der Waals surface area (Å²) in [7, 11) is 0. The van der Waals surface area contributed by atoms with Crippen LogP contribution >= 0.6 is 0 Å². The highest BCUT2D eigenvalue weighted by Crippen LogP contribution is 2.42. The van der Waals surface area contributed by atoms with E-state index in [1.54, 1.807) is 0 Å². The summed E-state index contributed by atoms with van der Waals surface area (Å²) >= 11 is 0. The number of hydrogen-bond donors (Lipinski definition) is 1. The van der Waals surface area contributed by atoms with Crippen molar-refractivity contribution in [3.63, 3.8) is 0 Å². The van der Waals surface area contributed by atoms with Gasteiger partial charge in [-0.3, -0.25) is 0 Å². The molecule has 0 aliphatic carbocycles. The maximum atomic E-state index is 13.7. The summed E-state index contributed by atoms with van der Waals surface area (Å²) in [6.07, 6.45) is -2.57. The number of hydrogen-bond acceptors (Lipinski definition) is 5. The lowest BCUT2D eigenvalue weighted by molar-refractivity contribution is -0.193. The normalized spacial score (nSPS) is 19.7. The first-order chi connectivity index (χ1) is 12.1. The second-order valence-electron chi connectivity index (χ2n) is 7.01. The molecule has 1 aromatic rings. The van der Waals surface area contributed by atoms with Crippen LogP contribution in [0.1, 0.15) is 34.6 Å². The van der Waals surface area contributed by atoms with Crippen molar-refractivity contribution < 1.29 is 45.8 Å². The van der Waals surface area contributed by atoms with Crippen molar-refractivity contribution in [3.8, 4) is 5.75 Å². The van der Waals surface area contributed by atoms with Gasteiger partial charge in [0.05, 0.1) is 0 Å². The molecule has 0 spiro atoms. The Morgan fingerprint density at radius 3 is 1.59 bits per heavy atom. The number of ether oxygens (including phenoxy) is 3.